The zero-order chi connectivity index (χ0) is 25.0. The molecule has 0 saturated heterocycles. The molecule has 12 heteroatoms. The Morgan fingerprint density at radius 2 is 2.03 bits per heavy atom. The van der Waals surface area contributed by atoms with Crippen LogP contribution in [0.4, 0.5) is 5.00 Å². The minimum Gasteiger partial charge on any atom is -0.465 e. The van der Waals surface area contributed by atoms with Crippen LogP contribution < -0.4 is 5.32 Å². The second kappa shape index (κ2) is 11.0. The van der Waals surface area contributed by atoms with E-state index in [4.69, 9.17) is 4.74 Å². The fourth-order valence-corrected chi connectivity index (χ4v) is 5.77. The summed E-state index contributed by atoms with van der Waals surface area (Å²) in [6.07, 6.45) is 1.75. The molecule has 3 rings (SSSR count). The molecule has 9 nitrogen and oxygen atoms in total. The molecule has 3 aromatic heterocycles. The molecule has 0 aromatic carbocycles. The van der Waals surface area contributed by atoms with Crippen molar-refractivity contribution in [2.75, 3.05) is 32.3 Å². The van der Waals surface area contributed by atoms with Gasteiger partial charge in [-0.3, -0.25) is 14.2 Å². The van der Waals surface area contributed by atoms with Gasteiger partial charge in [-0.15, -0.1) is 39.4 Å². The fourth-order valence-electron chi connectivity index (χ4n) is 3.11. The number of hydrogen-bond acceptors (Lipinski definition) is 9. The summed E-state index contributed by atoms with van der Waals surface area (Å²) in [5.74, 6) is -0.471. The molecule has 0 aliphatic carbocycles. The molecule has 0 unspecified atom stereocenters. The number of aromatic nitrogens is 3. The summed E-state index contributed by atoms with van der Waals surface area (Å²) in [6, 6.07) is 2.04. The normalized spacial score (nSPS) is 10.7. The highest BCUT2D eigenvalue weighted by molar-refractivity contribution is 7.99. The number of allylic oxidation sites excluding steroid dienone is 1. The van der Waals surface area contributed by atoms with Gasteiger partial charge in [-0.25, -0.2) is 4.79 Å². The molecular weight excluding hydrogens is 494 g/mol. The van der Waals surface area contributed by atoms with Crippen LogP contribution in [-0.2, 0) is 16.1 Å². The van der Waals surface area contributed by atoms with Gasteiger partial charge in [0.05, 0.1) is 23.3 Å². The number of nitrogens with one attached hydrogen (secondary N) is 1. The number of thiophene rings is 2. The molecule has 3 aromatic rings. The Labute approximate surface area is 209 Å². The molecule has 0 spiro atoms. The molecule has 0 bridgehead atoms. The molecule has 3 heterocycles. The molecule has 0 radical (unpaired) electrons. The van der Waals surface area contributed by atoms with E-state index in [9.17, 15) is 14.4 Å². The lowest BCUT2D eigenvalue weighted by Gasteiger charge is -2.08. The maximum Gasteiger partial charge on any atom is 0.341 e. The van der Waals surface area contributed by atoms with Gasteiger partial charge in [-0.1, -0.05) is 17.8 Å². The SMILES string of the molecule is C=CCn1c(SCC(=O)Nc2sc(C(=O)N(C)C)c(C)c2C(=O)OC)nnc1-c1csc(C)c1. The minimum atomic E-state index is -0.615. The van der Waals surface area contributed by atoms with E-state index in [1.54, 1.807) is 38.4 Å². The number of aryl methyl sites for hydroxylation is 1. The van der Waals surface area contributed by atoms with Crippen molar-refractivity contribution in [3.8, 4) is 11.4 Å². The molecule has 2 amide bonds. The van der Waals surface area contributed by atoms with Crippen molar-refractivity contribution in [2.45, 2.75) is 25.5 Å². The summed E-state index contributed by atoms with van der Waals surface area (Å²) in [4.78, 5) is 40.6. The number of thioether (sulfide) groups is 1. The highest BCUT2D eigenvalue weighted by Crippen LogP contribution is 2.35. The van der Waals surface area contributed by atoms with Crippen LogP contribution in [0.25, 0.3) is 11.4 Å². The largest absolute Gasteiger partial charge is 0.465 e. The van der Waals surface area contributed by atoms with Gasteiger partial charge >= 0.3 is 5.97 Å². The van der Waals surface area contributed by atoms with Gasteiger partial charge in [0, 0.05) is 36.5 Å². The van der Waals surface area contributed by atoms with Crippen LogP contribution in [-0.4, -0.2) is 64.4 Å². The third-order valence-corrected chi connectivity index (χ3v) is 7.76. The van der Waals surface area contributed by atoms with Crippen LogP contribution in [0.2, 0.25) is 0 Å². The Morgan fingerprint density at radius 3 is 2.62 bits per heavy atom. The number of ether oxygens (including phenoxy) is 1. The Morgan fingerprint density at radius 1 is 1.29 bits per heavy atom. The number of rotatable bonds is 9. The van der Waals surface area contributed by atoms with Crippen LogP contribution in [0.1, 0.15) is 30.5 Å². The van der Waals surface area contributed by atoms with Crippen LogP contribution in [0.15, 0.2) is 29.3 Å². The Bertz CT molecular complexity index is 1240. The van der Waals surface area contributed by atoms with Crippen molar-refractivity contribution in [3.05, 3.63) is 45.0 Å². The fraction of sp³-hybridized carbons (Fsp3) is 0.318. The van der Waals surface area contributed by atoms with E-state index in [1.807, 2.05) is 22.9 Å². The Balaban J connectivity index is 1.80. The van der Waals surface area contributed by atoms with Crippen molar-refractivity contribution in [3.63, 3.8) is 0 Å². The highest BCUT2D eigenvalue weighted by Gasteiger charge is 2.27. The van der Waals surface area contributed by atoms with Gasteiger partial charge in [-0.05, 0) is 25.5 Å². The third kappa shape index (κ3) is 5.40. The molecule has 0 aliphatic heterocycles. The standard InChI is InChI=1S/C22H25N5O4S3/c1-7-8-27-18(14-9-12(2)32-10-14)24-25-22(27)33-11-15(28)23-19-16(21(30)31-6)13(3)17(34-19)20(29)26(4)5/h7,9-10H,1,8,11H2,2-6H3,(H,23,28). The second-order valence-corrected chi connectivity index (χ2v) is 10.5. The van der Waals surface area contributed by atoms with E-state index in [0.29, 0.717) is 28.0 Å². The van der Waals surface area contributed by atoms with Crippen molar-refractivity contribution in [1.29, 1.82) is 0 Å². The summed E-state index contributed by atoms with van der Waals surface area (Å²) in [6.45, 7) is 7.98. The van der Waals surface area contributed by atoms with E-state index in [2.05, 4.69) is 22.1 Å². The van der Waals surface area contributed by atoms with E-state index in [0.717, 1.165) is 21.8 Å². The average Bonchev–Trinajstić information content (AvgIpc) is 3.49. The number of amides is 2. The lowest BCUT2D eigenvalue weighted by Crippen LogP contribution is -2.21. The van der Waals surface area contributed by atoms with E-state index in [1.165, 1.54) is 23.8 Å². The van der Waals surface area contributed by atoms with Crippen molar-refractivity contribution < 1.29 is 19.1 Å². The lowest BCUT2D eigenvalue weighted by atomic mass is 10.1. The maximum absolute atomic E-state index is 12.8. The van der Waals surface area contributed by atoms with Crippen LogP contribution in [0.3, 0.4) is 0 Å². The number of hydrogen-bond donors (Lipinski definition) is 1. The predicted molar refractivity (Wildman–Crippen MR) is 136 cm³/mol. The molecular formula is C22H25N5O4S3. The molecule has 180 valence electrons. The number of carbonyl (C=O) groups is 3. The van der Waals surface area contributed by atoms with Crippen LogP contribution in [0.5, 0.6) is 0 Å². The van der Waals surface area contributed by atoms with Crippen LogP contribution >= 0.6 is 34.4 Å². The van der Waals surface area contributed by atoms with Gasteiger partial charge in [-0.2, -0.15) is 0 Å². The van der Waals surface area contributed by atoms with Gasteiger partial charge in [0.2, 0.25) is 5.91 Å². The first kappa shape index (κ1) is 25.7. The van der Waals surface area contributed by atoms with Gasteiger partial charge in [0.1, 0.15) is 5.00 Å². The smallest absolute Gasteiger partial charge is 0.341 e. The quantitative estimate of drug-likeness (QED) is 0.258. The topological polar surface area (TPSA) is 106 Å². The van der Waals surface area contributed by atoms with Crippen molar-refractivity contribution >= 4 is 57.2 Å². The first-order chi connectivity index (χ1) is 16.2. The van der Waals surface area contributed by atoms with Crippen molar-refractivity contribution in [1.82, 2.24) is 19.7 Å². The molecule has 0 aliphatic rings. The summed E-state index contributed by atoms with van der Waals surface area (Å²) >= 11 is 3.90. The van der Waals surface area contributed by atoms with Gasteiger partial charge < -0.3 is 15.0 Å². The maximum atomic E-state index is 12.8. The summed E-state index contributed by atoms with van der Waals surface area (Å²) in [5.41, 5.74) is 1.61. The number of anilines is 1. The number of carbonyl (C=O) groups excluding carboxylic acids is 3. The molecule has 1 N–H and O–H groups in total. The first-order valence-electron chi connectivity index (χ1n) is 10.1. The monoisotopic (exact) mass is 519 g/mol. The number of nitrogens with zero attached hydrogens (tertiary/aromatic N) is 4. The summed E-state index contributed by atoms with van der Waals surface area (Å²) in [7, 11) is 4.51. The first-order valence-corrected chi connectivity index (χ1v) is 12.8. The number of esters is 1. The van der Waals surface area contributed by atoms with E-state index in [-0.39, 0.29) is 28.1 Å². The van der Waals surface area contributed by atoms with Gasteiger partial charge in [0.15, 0.2) is 11.0 Å². The summed E-state index contributed by atoms with van der Waals surface area (Å²) in [5, 5.41) is 14.2. The molecule has 0 saturated carbocycles. The molecule has 0 fully saturated rings. The second-order valence-electron chi connectivity index (χ2n) is 7.44. The molecule has 0 atom stereocenters. The Hall–Kier alpha value is -2.96. The zero-order valence-corrected chi connectivity index (χ0v) is 21.9. The minimum absolute atomic E-state index is 0.0342. The predicted octanol–water partition coefficient (Wildman–Crippen LogP) is 4.09. The zero-order valence-electron chi connectivity index (χ0n) is 19.5. The average molecular weight is 520 g/mol. The van der Waals surface area contributed by atoms with Crippen LogP contribution in [0, 0.1) is 13.8 Å². The Kier molecular flexibility index (Phi) is 8.28. The summed E-state index contributed by atoms with van der Waals surface area (Å²) < 4.78 is 6.77. The highest BCUT2D eigenvalue weighted by atomic mass is 32.2. The third-order valence-electron chi connectivity index (χ3n) is 4.74. The van der Waals surface area contributed by atoms with Gasteiger partial charge in [0.25, 0.3) is 5.91 Å². The van der Waals surface area contributed by atoms with E-state index < -0.39 is 5.97 Å². The number of methoxy groups -OCH3 is 1. The van der Waals surface area contributed by atoms with Crippen molar-refractivity contribution in [2.24, 2.45) is 0 Å². The van der Waals surface area contributed by atoms with E-state index >= 15 is 0 Å². The lowest BCUT2D eigenvalue weighted by molar-refractivity contribution is -0.113. The molecule has 34 heavy (non-hydrogen) atoms.